The summed E-state index contributed by atoms with van der Waals surface area (Å²) >= 11 is 0. The Morgan fingerprint density at radius 2 is 1.83 bits per heavy atom. The molecular weight excluding hydrogens is 309 g/mol. The summed E-state index contributed by atoms with van der Waals surface area (Å²) in [6.45, 7) is 0.548. The van der Waals surface area contributed by atoms with Crippen LogP contribution in [0.2, 0.25) is 0 Å². The molecule has 24 heavy (non-hydrogen) atoms. The number of esters is 1. The van der Waals surface area contributed by atoms with Gasteiger partial charge in [0.05, 0.1) is 11.1 Å². The molecule has 3 rings (SSSR count). The summed E-state index contributed by atoms with van der Waals surface area (Å²) < 4.78 is 19.6. The van der Waals surface area contributed by atoms with Crippen molar-refractivity contribution in [1.29, 1.82) is 0 Å². The van der Waals surface area contributed by atoms with E-state index in [2.05, 4.69) is 5.32 Å². The topological polar surface area (TPSA) is 55.4 Å². The minimum Gasteiger partial charge on any atom is -0.420 e. The Hall–Kier alpha value is -2.69. The lowest BCUT2D eigenvalue weighted by Gasteiger charge is -2.25. The van der Waals surface area contributed by atoms with E-state index in [0.717, 1.165) is 12.8 Å². The van der Waals surface area contributed by atoms with Gasteiger partial charge in [0.2, 0.25) is 0 Å². The molecule has 0 bridgehead atoms. The molecule has 1 amide bonds. The van der Waals surface area contributed by atoms with Gasteiger partial charge in [-0.25, -0.2) is 9.18 Å². The molecule has 0 radical (unpaired) electrons. The first-order chi connectivity index (χ1) is 11.6. The number of carbonyl (C=O) groups excluding carboxylic acids is 2. The van der Waals surface area contributed by atoms with Gasteiger partial charge in [-0.1, -0.05) is 30.7 Å². The third-order valence-electron chi connectivity index (χ3n) is 4.20. The van der Waals surface area contributed by atoms with Crippen LogP contribution in [0.1, 0.15) is 40.0 Å². The molecule has 0 unspecified atom stereocenters. The van der Waals surface area contributed by atoms with E-state index in [0.29, 0.717) is 18.0 Å². The van der Waals surface area contributed by atoms with Crippen LogP contribution < -0.4 is 10.1 Å². The summed E-state index contributed by atoms with van der Waals surface area (Å²) in [5.41, 5.74) is 0.199. The summed E-state index contributed by atoms with van der Waals surface area (Å²) in [5.74, 6) is -1.75. The van der Waals surface area contributed by atoms with Crippen molar-refractivity contribution in [2.45, 2.75) is 19.3 Å². The first kappa shape index (κ1) is 16.2. The van der Waals surface area contributed by atoms with E-state index in [4.69, 9.17) is 4.74 Å². The SMILES string of the molecule is O=C(Oc1cccc(C(=O)NCC2CCC2)c1F)c1ccccc1. The molecule has 124 valence electrons. The van der Waals surface area contributed by atoms with Crippen LogP contribution in [0.4, 0.5) is 4.39 Å². The Bertz CT molecular complexity index is 742. The summed E-state index contributed by atoms with van der Waals surface area (Å²) in [6.07, 6.45) is 3.37. The number of hydrogen-bond acceptors (Lipinski definition) is 3. The predicted octanol–water partition coefficient (Wildman–Crippen LogP) is 3.57. The van der Waals surface area contributed by atoms with Crippen molar-refractivity contribution in [2.75, 3.05) is 6.54 Å². The zero-order valence-electron chi connectivity index (χ0n) is 13.1. The fourth-order valence-corrected chi connectivity index (χ4v) is 2.53. The molecule has 2 aromatic rings. The van der Waals surface area contributed by atoms with Crippen LogP contribution in [0, 0.1) is 11.7 Å². The zero-order chi connectivity index (χ0) is 16.9. The van der Waals surface area contributed by atoms with Gasteiger partial charge >= 0.3 is 5.97 Å². The molecule has 1 saturated carbocycles. The quantitative estimate of drug-likeness (QED) is 0.675. The number of ether oxygens (including phenoxy) is 1. The van der Waals surface area contributed by atoms with Crippen molar-refractivity contribution in [3.05, 3.63) is 65.5 Å². The second-order valence-electron chi connectivity index (χ2n) is 5.88. The molecule has 0 spiro atoms. The van der Waals surface area contributed by atoms with E-state index in [9.17, 15) is 14.0 Å². The Morgan fingerprint density at radius 1 is 1.08 bits per heavy atom. The molecule has 0 heterocycles. The molecule has 0 aromatic heterocycles. The van der Waals surface area contributed by atoms with E-state index in [1.807, 2.05) is 0 Å². The number of rotatable bonds is 5. The first-order valence-corrected chi connectivity index (χ1v) is 7.99. The van der Waals surface area contributed by atoms with E-state index in [-0.39, 0.29) is 11.3 Å². The number of benzene rings is 2. The smallest absolute Gasteiger partial charge is 0.343 e. The lowest BCUT2D eigenvalue weighted by atomic mass is 9.85. The third kappa shape index (κ3) is 3.62. The molecular formula is C19H18FNO3. The molecule has 1 N–H and O–H groups in total. The second-order valence-corrected chi connectivity index (χ2v) is 5.88. The average molecular weight is 327 g/mol. The maximum absolute atomic E-state index is 14.5. The molecule has 5 heteroatoms. The van der Waals surface area contributed by atoms with Crippen molar-refractivity contribution in [3.63, 3.8) is 0 Å². The molecule has 4 nitrogen and oxygen atoms in total. The van der Waals surface area contributed by atoms with Crippen molar-refractivity contribution in [1.82, 2.24) is 5.32 Å². The second kappa shape index (κ2) is 7.25. The third-order valence-corrected chi connectivity index (χ3v) is 4.20. The number of amides is 1. The molecule has 2 aromatic carbocycles. The molecule has 1 aliphatic carbocycles. The van der Waals surface area contributed by atoms with Crippen LogP contribution in [-0.2, 0) is 0 Å². The predicted molar refractivity (Wildman–Crippen MR) is 87.5 cm³/mol. The monoisotopic (exact) mass is 327 g/mol. The molecule has 0 aliphatic heterocycles. The van der Waals surface area contributed by atoms with Crippen LogP contribution in [-0.4, -0.2) is 18.4 Å². The van der Waals surface area contributed by atoms with Crippen LogP contribution in [0.15, 0.2) is 48.5 Å². The Labute approximate surface area is 139 Å². The number of carbonyl (C=O) groups is 2. The number of nitrogens with one attached hydrogen (secondary N) is 1. The highest BCUT2D eigenvalue weighted by molar-refractivity contribution is 5.95. The van der Waals surface area contributed by atoms with Gasteiger partial charge in [0.25, 0.3) is 5.91 Å². The van der Waals surface area contributed by atoms with E-state index < -0.39 is 17.7 Å². The van der Waals surface area contributed by atoms with Gasteiger partial charge in [-0.2, -0.15) is 0 Å². The van der Waals surface area contributed by atoms with Gasteiger partial charge in [-0.15, -0.1) is 0 Å². The maximum Gasteiger partial charge on any atom is 0.343 e. The van der Waals surface area contributed by atoms with Gasteiger partial charge in [0, 0.05) is 6.54 Å². The van der Waals surface area contributed by atoms with Crippen molar-refractivity contribution < 1.29 is 18.7 Å². The fourth-order valence-electron chi connectivity index (χ4n) is 2.53. The highest BCUT2D eigenvalue weighted by Gasteiger charge is 2.21. The lowest BCUT2D eigenvalue weighted by molar-refractivity contribution is 0.0725. The zero-order valence-corrected chi connectivity index (χ0v) is 13.1. The first-order valence-electron chi connectivity index (χ1n) is 7.99. The van der Waals surface area contributed by atoms with E-state index in [1.165, 1.54) is 24.6 Å². The van der Waals surface area contributed by atoms with Gasteiger partial charge in [-0.3, -0.25) is 4.79 Å². The van der Waals surface area contributed by atoms with Crippen molar-refractivity contribution in [2.24, 2.45) is 5.92 Å². The Kier molecular flexibility index (Phi) is 4.89. The van der Waals surface area contributed by atoms with Crippen molar-refractivity contribution in [3.8, 4) is 5.75 Å². The average Bonchev–Trinajstić information content (AvgIpc) is 2.56. The van der Waals surface area contributed by atoms with E-state index >= 15 is 0 Å². The Morgan fingerprint density at radius 3 is 2.50 bits per heavy atom. The minimum absolute atomic E-state index is 0.118. The summed E-state index contributed by atoms with van der Waals surface area (Å²) in [6, 6.07) is 12.5. The molecule has 0 atom stereocenters. The van der Waals surface area contributed by atoms with Gasteiger partial charge < -0.3 is 10.1 Å². The van der Waals surface area contributed by atoms with Crippen LogP contribution in [0.25, 0.3) is 0 Å². The van der Waals surface area contributed by atoms with Gasteiger partial charge in [0.15, 0.2) is 11.6 Å². The maximum atomic E-state index is 14.5. The normalized spacial score (nSPS) is 13.9. The Balaban J connectivity index is 1.70. The molecule has 1 aliphatic rings. The minimum atomic E-state index is -0.826. The van der Waals surface area contributed by atoms with E-state index in [1.54, 1.807) is 30.3 Å². The largest absolute Gasteiger partial charge is 0.420 e. The van der Waals surface area contributed by atoms with Crippen LogP contribution in [0.5, 0.6) is 5.75 Å². The highest BCUT2D eigenvalue weighted by Crippen LogP contribution is 2.26. The van der Waals surface area contributed by atoms with Crippen molar-refractivity contribution >= 4 is 11.9 Å². The van der Waals surface area contributed by atoms with Gasteiger partial charge in [-0.05, 0) is 43.0 Å². The highest BCUT2D eigenvalue weighted by atomic mass is 19.1. The number of halogens is 1. The van der Waals surface area contributed by atoms with Gasteiger partial charge in [0.1, 0.15) is 0 Å². The summed E-state index contributed by atoms with van der Waals surface area (Å²) in [4.78, 5) is 24.1. The lowest BCUT2D eigenvalue weighted by Crippen LogP contribution is -2.32. The summed E-state index contributed by atoms with van der Waals surface area (Å²) in [7, 11) is 0. The van der Waals surface area contributed by atoms with Crippen LogP contribution in [0.3, 0.4) is 0 Å². The number of hydrogen-bond donors (Lipinski definition) is 1. The van der Waals surface area contributed by atoms with Crippen LogP contribution >= 0.6 is 0 Å². The fraction of sp³-hybridized carbons (Fsp3) is 0.263. The summed E-state index contributed by atoms with van der Waals surface area (Å²) in [5, 5.41) is 2.73. The standard InChI is InChI=1S/C19H18FNO3/c20-17-15(18(22)21-12-13-6-4-7-13)10-5-11-16(17)24-19(23)14-8-2-1-3-9-14/h1-3,5,8-11,13H,4,6-7,12H2,(H,21,22). The molecule has 1 fully saturated rings. The molecule has 0 saturated heterocycles.